The van der Waals surface area contributed by atoms with Crippen LogP contribution in [0.1, 0.15) is 71.7 Å². The van der Waals surface area contributed by atoms with Crippen LogP contribution in [0.25, 0.3) is 0 Å². The van der Waals surface area contributed by atoms with Gasteiger partial charge in [-0.05, 0) is 68.0 Å². The van der Waals surface area contributed by atoms with Gasteiger partial charge in [-0.25, -0.2) is 0 Å². The lowest BCUT2D eigenvalue weighted by atomic mass is 10.1. The number of rotatable bonds is 11. The molecule has 1 atom stereocenters. The summed E-state index contributed by atoms with van der Waals surface area (Å²) in [5.74, 6) is 0.117. The average Bonchev–Trinajstić information content (AvgIpc) is 3.13. The second kappa shape index (κ2) is 14.1. The highest BCUT2D eigenvalue weighted by Crippen LogP contribution is 2.31. The van der Waals surface area contributed by atoms with E-state index in [0.717, 1.165) is 49.8 Å². The topological polar surface area (TPSA) is 87.7 Å². The van der Waals surface area contributed by atoms with E-state index in [1.807, 2.05) is 54.6 Å². The summed E-state index contributed by atoms with van der Waals surface area (Å²) in [6.45, 7) is 2.71. The van der Waals surface area contributed by atoms with Crippen molar-refractivity contribution in [2.24, 2.45) is 0 Å². The van der Waals surface area contributed by atoms with Crippen molar-refractivity contribution in [1.82, 2.24) is 10.6 Å². The molecule has 4 rings (SSSR count). The molecule has 0 fully saturated rings. The molecule has 7 heteroatoms. The average molecular weight is 528 g/mol. The maximum atomic E-state index is 13.7. The monoisotopic (exact) mass is 527 g/mol. The Kier molecular flexibility index (Phi) is 10.1. The molecule has 1 heterocycles. The molecule has 2 N–H and O–H groups in total. The Labute approximate surface area is 230 Å². The Morgan fingerprint density at radius 3 is 2.41 bits per heavy atom. The first-order chi connectivity index (χ1) is 19.0. The van der Waals surface area contributed by atoms with Gasteiger partial charge in [-0.1, -0.05) is 61.4 Å². The molecular weight excluding hydrogens is 490 g/mol. The molecule has 0 aromatic heterocycles. The largest absolute Gasteiger partial charge is 0.493 e. The van der Waals surface area contributed by atoms with E-state index in [0.29, 0.717) is 36.4 Å². The van der Waals surface area contributed by atoms with Crippen LogP contribution in [0, 0.1) is 0 Å². The molecule has 0 spiro atoms. The summed E-state index contributed by atoms with van der Waals surface area (Å²) in [6, 6.07) is 24.3. The molecule has 3 aromatic carbocycles. The Balaban J connectivity index is 1.44. The Hall–Kier alpha value is -4.13. The zero-order chi connectivity index (χ0) is 27.5. The smallest absolute Gasteiger partial charge is 0.259 e. The molecule has 39 heavy (non-hydrogen) atoms. The molecule has 3 amide bonds. The normalized spacial score (nSPS) is 14.6. The van der Waals surface area contributed by atoms with Crippen molar-refractivity contribution in [3.63, 3.8) is 0 Å². The van der Waals surface area contributed by atoms with E-state index in [4.69, 9.17) is 4.74 Å². The number of unbranched alkanes of at least 4 members (excludes halogenated alkanes) is 3. The molecular formula is C32H37N3O4. The molecule has 3 aromatic rings. The van der Waals surface area contributed by atoms with Crippen LogP contribution >= 0.6 is 0 Å². The number of benzene rings is 3. The van der Waals surface area contributed by atoms with E-state index in [9.17, 15) is 14.4 Å². The molecule has 0 saturated heterocycles. The Morgan fingerprint density at radius 1 is 0.872 bits per heavy atom. The lowest BCUT2D eigenvalue weighted by molar-refractivity contribution is -0.118. The molecule has 1 unspecified atom stereocenters. The number of aryl methyl sites for hydroxylation is 1. The maximum Gasteiger partial charge on any atom is 0.259 e. The quantitative estimate of drug-likeness (QED) is 0.322. The fourth-order valence-electron chi connectivity index (χ4n) is 4.88. The van der Waals surface area contributed by atoms with Crippen LogP contribution in [-0.2, 0) is 11.2 Å². The third-order valence-corrected chi connectivity index (χ3v) is 6.86. The molecule has 1 aliphatic rings. The Morgan fingerprint density at radius 2 is 1.59 bits per heavy atom. The zero-order valence-electron chi connectivity index (χ0n) is 22.5. The number of fused-ring (bicyclic) bond motifs is 1. The molecule has 0 bridgehead atoms. The van der Waals surface area contributed by atoms with Gasteiger partial charge in [-0.15, -0.1) is 0 Å². The first kappa shape index (κ1) is 27.9. The van der Waals surface area contributed by atoms with Crippen LogP contribution in [0.3, 0.4) is 0 Å². The van der Waals surface area contributed by atoms with Crippen molar-refractivity contribution in [2.45, 2.75) is 58.0 Å². The minimum absolute atomic E-state index is 0.00571. The number of ether oxygens (including phenoxy) is 1. The van der Waals surface area contributed by atoms with Crippen LogP contribution in [0.15, 0.2) is 78.9 Å². The van der Waals surface area contributed by atoms with E-state index >= 15 is 0 Å². The van der Waals surface area contributed by atoms with Gasteiger partial charge in [0.1, 0.15) is 11.9 Å². The number of hydrogen-bond acceptors (Lipinski definition) is 4. The van der Waals surface area contributed by atoms with Crippen LogP contribution < -0.4 is 20.3 Å². The second-order valence-electron chi connectivity index (χ2n) is 9.79. The summed E-state index contributed by atoms with van der Waals surface area (Å²) in [5.41, 5.74) is 2.96. The van der Waals surface area contributed by atoms with Gasteiger partial charge in [0.05, 0.1) is 12.2 Å². The molecule has 0 aliphatic carbocycles. The summed E-state index contributed by atoms with van der Waals surface area (Å²) in [6.07, 6.45) is 5.60. The van der Waals surface area contributed by atoms with Gasteiger partial charge in [0.15, 0.2) is 0 Å². The predicted octanol–water partition coefficient (Wildman–Crippen LogP) is 5.50. The van der Waals surface area contributed by atoms with E-state index in [1.165, 1.54) is 6.92 Å². The van der Waals surface area contributed by atoms with Gasteiger partial charge in [-0.3, -0.25) is 19.3 Å². The van der Waals surface area contributed by atoms with E-state index in [2.05, 4.69) is 10.6 Å². The molecule has 7 nitrogen and oxygen atoms in total. The fourth-order valence-corrected chi connectivity index (χ4v) is 4.88. The van der Waals surface area contributed by atoms with Crippen LogP contribution in [0.5, 0.6) is 5.75 Å². The summed E-state index contributed by atoms with van der Waals surface area (Å²) < 4.78 is 6.01. The SMILES string of the molecule is CC(=O)NCCCCCCOc1ccccc1C(=O)NC1CCCc2ccccc2N1C(=O)c1ccccc1. The van der Waals surface area contributed by atoms with Crippen molar-refractivity contribution >= 4 is 23.4 Å². The number of carbonyl (C=O) groups is 3. The Bertz CT molecular complexity index is 1260. The van der Waals surface area contributed by atoms with Gasteiger partial charge < -0.3 is 15.4 Å². The van der Waals surface area contributed by atoms with Crippen LogP contribution in [0.2, 0.25) is 0 Å². The number of nitrogens with zero attached hydrogens (tertiary/aromatic N) is 1. The first-order valence-electron chi connectivity index (χ1n) is 13.8. The van der Waals surface area contributed by atoms with Gasteiger partial charge in [-0.2, -0.15) is 0 Å². The number of nitrogens with one attached hydrogen (secondary N) is 2. The van der Waals surface area contributed by atoms with E-state index < -0.39 is 6.17 Å². The molecule has 1 aliphatic heterocycles. The highest BCUT2D eigenvalue weighted by molar-refractivity contribution is 6.07. The van der Waals surface area contributed by atoms with E-state index in [-0.39, 0.29) is 17.7 Å². The minimum Gasteiger partial charge on any atom is -0.493 e. The fraction of sp³-hybridized carbons (Fsp3) is 0.344. The maximum absolute atomic E-state index is 13.7. The van der Waals surface area contributed by atoms with Gasteiger partial charge in [0, 0.05) is 24.7 Å². The lowest BCUT2D eigenvalue weighted by Crippen LogP contribution is -2.51. The summed E-state index contributed by atoms with van der Waals surface area (Å²) in [5, 5.41) is 5.95. The van der Waals surface area contributed by atoms with Gasteiger partial charge in [0.2, 0.25) is 5.91 Å². The van der Waals surface area contributed by atoms with Gasteiger partial charge in [0.25, 0.3) is 11.8 Å². The standard InChI is InChI=1S/C32H37N3O4/c1-24(36)33-22-11-2-3-12-23-39-29-20-10-8-18-27(29)31(37)34-30-21-13-17-25-14-7-9-19-28(25)35(30)32(38)26-15-5-4-6-16-26/h4-10,14-16,18-20,30H,2-3,11-13,17,21-23H2,1H3,(H,33,36)(H,34,37). The third-order valence-electron chi connectivity index (χ3n) is 6.86. The lowest BCUT2D eigenvalue weighted by Gasteiger charge is -2.32. The highest BCUT2D eigenvalue weighted by Gasteiger charge is 2.31. The van der Waals surface area contributed by atoms with Crippen molar-refractivity contribution in [3.05, 3.63) is 95.6 Å². The summed E-state index contributed by atoms with van der Waals surface area (Å²) in [4.78, 5) is 40.0. The van der Waals surface area contributed by atoms with Gasteiger partial charge >= 0.3 is 0 Å². The first-order valence-corrected chi connectivity index (χ1v) is 13.8. The predicted molar refractivity (Wildman–Crippen MR) is 153 cm³/mol. The number of para-hydroxylation sites is 2. The van der Waals surface area contributed by atoms with Crippen molar-refractivity contribution in [3.8, 4) is 5.75 Å². The number of amides is 3. The molecule has 0 radical (unpaired) electrons. The summed E-state index contributed by atoms with van der Waals surface area (Å²) in [7, 11) is 0. The van der Waals surface area contributed by atoms with Crippen molar-refractivity contribution in [1.29, 1.82) is 0 Å². The number of hydrogen-bond donors (Lipinski definition) is 2. The highest BCUT2D eigenvalue weighted by atomic mass is 16.5. The molecule has 204 valence electrons. The molecule has 0 saturated carbocycles. The minimum atomic E-state index is -0.495. The van der Waals surface area contributed by atoms with Crippen LogP contribution in [-0.4, -0.2) is 37.0 Å². The second-order valence-corrected chi connectivity index (χ2v) is 9.79. The number of anilines is 1. The van der Waals surface area contributed by atoms with Crippen molar-refractivity contribution < 1.29 is 19.1 Å². The zero-order valence-corrected chi connectivity index (χ0v) is 22.5. The van der Waals surface area contributed by atoms with Crippen molar-refractivity contribution in [2.75, 3.05) is 18.1 Å². The van der Waals surface area contributed by atoms with E-state index in [1.54, 1.807) is 29.2 Å². The summed E-state index contributed by atoms with van der Waals surface area (Å²) >= 11 is 0. The number of carbonyl (C=O) groups excluding carboxylic acids is 3. The third kappa shape index (κ3) is 7.69. The van der Waals surface area contributed by atoms with Crippen LogP contribution in [0.4, 0.5) is 5.69 Å².